The van der Waals surface area contributed by atoms with Crippen molar-refractivity contribution < 1.29 is 9.53 Å². The Labute approximate surface area is 163 Å². The monoisotopic (exact) mass is 411 g/mol. The quantitative estimate of drug-likeness (QED) is 0.712. The summed E-state index contributed by atoms with van der Waals surface area (Å²) < 4.78 is 5.50. The van der Waals surface area contributed by atoms with Crippen LogP contribution in [0.3, 0.4) is 0 Å². The van der Waals surface area contributed by atoms with Gasteiger partial charge in [-0.3, -0.25) is 4.79 Å². The summed E-state index contributed by atoms with van der Waals surface area (Å²) in [6.07, 6.45) is 2.58. The molecule has 142 valence electrons. The van der Waals surface area contributed by atoms with Crippen LogP contribution in [-0.2, 0) is 14.9 Å². The van der Waals surface area contributed by atoms with E-state index in [0.717, 1.165) is 19.4 Å². The summed E-state index contributed by atoms with van der Waals surface area (Å²) in [6, 6.07) is 9.19. The summed E-state index contributed by atoms with van der Waals surface area (Å²) in [5.41, 5.74) is 2.28. The predicted octanol–water partition coefficient (Wildman–Crippen LogP) is 4.95. The minimum Gasteiger partial charge on any atom is -0.460 e. The van der Waals surface area contributed by atoms with Crippen molar-refractivity contribution in [2.45, 2.75) is 77.9 Å². The first-order valence-corrected chi connectivity index (χ1v) is 9.10. The number of halogens is 1. The summed E-state index contributed by atoms with van der Waals surface area (Å²) in [5, 5.41) is 3.67. The van der Waals surface area contributed by atoms with Crippen molar-refractivity contribution in [2.75, 3.05) is 6.54 Å². The predicted molar refractivity (Wildman–Crippen MR) is 110 cm³/mol. The van der Waals surface area contributed by atoms with Gasteiger partial charge in [0.05, 0.1) is 0 Å². The maximum Gasteiger partial charge on any atom is 0.306 e. The number of rotatable bonds is 4. The fraction of sp³-hybridized carbons (Fsp3) is 0.667. The Balaban J connectivity index is 0.00000312. The average molecular weight is 412 g/mol. The van der Waals surface area contributed by atoms with Crippen molar-refractivity contribution in [1.82, 2.24) is 5.32 Å². The van der Waals surface area contributed by atoms with Gasteiger partial charge in [-0.2, -0.15) is 0 Å². The lowest BCUT2D eigenvalue weighted by atomic mass is 9.72. The molecular formula is C21H34BrNO2. The number of ether oxygens (including phenoxy) is 1. The van der Waals surface area contributed by atoms with Gasteiger partial charge in [0.15, 0.2) is 0 Å². The Morgan fingerprint density at radius 2 is 1.76 bits per heavy atom. The molecule has 1 saturated heterocycles. The van der Waals surface area contributed by atoms with Gasteiger partial charge in [-0.15, -0.1) is 17.0 Å². The van der Waals surface area contributed by atoms with Gasteiger partial charge in [-0.25, -0.2) is 0 Å². The van der Waals surface area contributed by atoms with Crippen molar-refractivity contribution in [3.05, 3.63) is 35.4 Å². The Hall–Kier alpha value is -0.870. The van der Waals surface area contributed by atoms with Crippen LogP contribution in [0.4, 0.5) is 0 Å². The van der Waals surface area contributed by atoms with Gasteiger partial charge < -0.3 is 10.1 Å². The molecule has 0 spiro atoms. The van der Waals surface area contributed by atoms with Crippen LogP contribution in [0.25, 0.3) is 0 Å². The topological polar surface area (TPSA) is 38.3 Å². The second-order valence-corrected chi connectivity index (χ2v) is 8.78. The van der Waals surface area contributed by atoms with Crippen molar-refractivity contribution in [1.29, 1.82) is 0 Å². The lowest BCUT2D eigenvalue weighted by Crippen LogP contribution is -2.50. The maximum absolute atomic E-state index is 12.1. The van der Waals surface area contributed by atoms with Crippen molar-refractivity contribution >= 4 is 23.0 Å². The second-order valence-electron chi connectivity index (χ2n) is 8.78. The molecule has 0 radical (unpaired) electrons. The number of piperidine rings is 1. The molecule has 0 amide bonds. The third-order valence-electron chi connectivity index (χ3n) is 5.05. The summed E-state index contributed by atoms with van der Waals surface area (Å²) in [7, 11) is 0. The molecule has 1 aliphatic rings. The molecule has 1 aromatic carbocycles. The minimum absolute atomic E-state index is 0. The van der Waals surface area contributed by atoms with Crippen LogP contribution in [0.2, 0.25) is 0 Å². The Bertz CT molecular complexity index is 560. The zero-order chi connectivity index (χ0) is 18.0. The first kappa shape index (κ1) is 22.2. The smallest absolute Gasteiger partial charge is 0.306 e. The van der Waals surface area contributed by atoms with Crippen LogP contribution < -0.4 is 5.32 Å². The number of hydrogen-bond donors (Lipinski definition) is 1. The van der Waals surface area contributed by atoms with E-state index in [1.54, 1.807) is 0 Å². The van der Waals surface area contributed by atoms with Crippen LogP contribution in [-0.4, -0.2) is 24.2 Å². The number of aryl methyl sites for hydroxylation is 1. The first-order chi connectivity index (χ1) is 11.1. The maximum atomic E-state index is 12.1. The van der Waals surface area contributed by atoms with Gasteiger partial charge in [0.1, 0.15) is 5.60 Å². The molecule has 4 heteroatoms. The number of esters is 1. The number of hydrogen-bond acceptors (Lipinski definition) is 3. The normalized spacial score (nSPS) is 21.4. The lowest BCUT2D eigenvalue weighted by molar-refractivity contribution is -0.156. The molecule has 1 aromatic rings. The Morgan fingerprint density at radius 3 is 2.32 bits per heavy atom. The van der Waals surface area contributed by atoms with E-state index in [1.165, 1.54) is 11.1 Å². The van der Waals surface area contributed by atoms with Crippen LogP contribution in [0.1, 0.15) is 65.0 Å². The van der Waals surface area contributed by atoms with Gasteiger partial charge in [-0.1, -0.05) is 43.7 Å². The molecule has 0 aliphatic carbocycles. The van der Waals surface area contributed by atoms with Crippen molar-refractivity contribution in [3.63, 3.8) is 0 Å². The van der Waals surface area contributed by atoms with E-state index in [-0.39, 0.29) is 28.4 Å². The number of nitrogens with one attached hydrogen (secondary N) is 1. The van der Waals surface area contributed by atoms with Gasteiger partial charge in [0, 0.05) is 17.9 Å². The lowest BCUT2D eigenvalue weighted by Gasteiger charge is -2.41. The molecule has 2 rings (SSSR count). The molecule has 2 atom stereocenters. The van der Waals surface area contributed by atoms with E-state index in [0.29, 0.717) is 18.4 Å². The average Bonchev–Trinajstić information content (AvgIpc) is 2.46. The zero-order valence-corrected chi connectivity index (χ0v) is 18.2. The molecular weight excluding hydrogens is 378 g/mol. The largest absolute Gasteiger partial charge is 0.460 e. The molecule has 0 saturated carbocycles. The molecule has 1 fully saturated rings. The zero-order valence-electron chi connectivity index (χ0n) is 16.5. The highest BCUT2D eigenvalue weighted by Gasteiger charge is 2.36. The highest BCUT2D eigenvalue weighted by atomic mass is 79.9. The minimum atomic E-state index is -0.398. The highest BCUT2D eigenvalue weighted by Crippen LogP contribution is 2.34. The van der Waals surface area contributed by atoms with Crippen molar-refractivity contribution in [3.8, 4) is 0 Å². The third-order valence-corrected chi connectivity index (χ3v) is 5.05. The first-order valence-electron chi connectivity index (χ1n) is 9.10. The van der Waals surface area contributed by atoms with E-state index in [9.17, 15) is 4.79 Å². The third kappa shape index (κ3) is 6.41. The molecule has 0 unspecified atom stereocenters. The summed E-state index contributed by atoms with van der Waals surface area (Å²) in [6.45, 7) is 13.5. The van der Waals surface area contributed by atoms with E-state index in [2.05, 4.69) is 50.4 Å². The van der Waals surface area contributed by atoms with Gasteiger partial charge in [-0.05, 0) is 58.6 Å². The van der Waals surface area contributed by atoms with Crippen molar-refractivity contribution in [2.24, 2.45) is 5.92 Å². The van der Waals surface area contributed by atoms with E-state index < -0.39 is 5.60 Å². The summed E-state index contributed by atoms with van der Waals surface area (Å²) in [5.74, 6) is 0.331. The highest BCUT2D eigenvalue weighted by molar-refractivity contribution is 8.93. The van der Waals surface area contributed by atoms with Crippen LogP contribution in [0.15, 0.2) is 24.3 Å². The van der Waals surface area contributed by atoms with E-state index in [1.807, 2.05) is 20.8 Å². The van der Waals surface area contributed by atoms with Gasteiger partial charge in [0.25, 0.3) is 0 Å². The van der Waals surface area contributed by atoms with E-state index >= 15 is 0 Å². The second kappa shape index (κ2) is 8.68. The molecule has 1 N–H and O–H groups in total. The van der Waals surface area contributed by atoms with Crippen LogP contribution >= 0.6 is 17.0 Å². The SMILES string of the molecule is Br.Cc1ccc(C(C)(C)[C@H]2C[C@@H](CC(=O)OC(C)(C)C)CCN2)cc1. The molecule has 0 aromatic heterocycles. The molecule has 1 heterocycles. The fourth-order valence-corrected chi connectivity index (χ4v) is 3.53. The standard InChI is InChI=1S/C21H33NO2.BrH/c1-15-7-9-17(10-8-15)21(5,6)18-13-16(11-12-22-18)14-19(23)24-20(2,3)4;/h7-10,16,18,22H,11-14H2,1-6H3;1H/t16-,18+;/m0./s1. The van der Waals surface area contributed by atoms with Crippen LogP contribution in [0, 0.1) is 12.8 Å². The molecule has 25 heavy (non-hydrogen) atoms. The number of carbonyl (C=O) groups excluding carboxylic acids is 1. The molecule has 3 nitrogen and oxygen atoms in total. The number of benzene rings is 1. The van der Waals surface area contributed by atoms with Gasteiger partial charge >= 0.3 is 5.97 Å². The summed E-state index contributed by atoms with van der Waals surface area (Å²) in [4.78, 5) is 12.1. The Kier molecular flexibility index (Phi) is 7.70. The fourth-order valence-electron chi connectivity index (χ4n) is 3.53. The molecule has 1 aliphatic heterocycles. The van der Waals surface area contributed by atoms with E-state index in [4.69, 9.17) is 4.74 Å². The Morgan fingerprint density at radius 1 is 1.16 bits per heavy atom. The van der Waals surface area contributed by atoms with Gasteiger partial charge in [0.2, 0.25) is 0 Å². The summed E-state index contributed by atoms with van der Waals surface area (Å²) >= 11 is 0. The van der Waals surface area contributed by atoms with Crippen LogP contribution in [0.5, 0.6) is 0 Å². The number of carbonyl (C=O) groups is 1. The molecule has 0 bridgehead atoms.